The molecule has 0 aromatic heterocycles. The zero-order valence-corrected chi connectivity index (χ0v) is 51.0. The van der Waals surface area contributed by atoms with Crippen LogP contribution in [0.3, 0.4) is 0 Å². The number of aliphatic hydroxyl groups is 1. The van der Waals surface area contributed by atoms with Gasteiger partial charge < -0.3 is 76.2 Å². The first-order chi connectivity index (χ1) is 44.6. The van der Waals surface area contributed by atoms with Gasteiger partial charge in [-0.05, 0) is 45.5 Å². The first kappa shape index (κ1) is 66.4. The number of benzene rings is 7. The van der Waals surface area contributed by atoms with Crippen LogP contribution in [0, 0.1) is 0 Å². The average molecular weight is 1250 g/mol. The van der Waals surface area contributed by atoms with Gasteiger partial charge in [0.1, 0.15) is 67.6 Å². The van der Waals surface area contributed by atoms with Crippen molar-refractivity contribution >= 4 is 17.9 Å². The van der Waals surface area contributed by atoms with Crippen LogP contribution in [0.2, 0.25) is 0 Å². The van der Waals surface area contributed by atoms with Gasteiger partial charge in [0.05, 0.1) is 58.4 Å². The highest BCUT2D eigenvalue weighted by Gasteiger charge is 2.58. The molecule has 0 saturated carbocycles. The van der Waals surface area contributed by atoms with Crippen molar-refractivity contribution in [2.45, 2.75) is 146 Å². The van der Waals surface area contributed by atoms with E-state index in [1.54, 1.807) is 30.3 Å². The summed E-state index contributed by atoms with van der Waals surface area (Å²) in [6.07, 6.45) is -19.8. The SMILES string of the molecule is CO[C@H]1OC(COCc2ccccc2)[C@@H](OCc2ccccc2)C(O[C@H]2OC(COC(=O)c3ccccc3)[C@@H](O[C@H]3OC(COCc4ccccc4)[C@@H](O)C(OCc4ccccc4)C3OC(C)=O)C(OCc3ccccc3)C2OC(C)=O)C1OCc1ccccc1. The van der Waals surface area contributed by atoms with E-state index in [0.717, 1.165) is 27.8 Å². The smallest absolute Gasteiger partial charge is 0.338 e. The van der Waals surface area contributed by atoms with Crippen LogP contribution >= 0.6 is 0 Å². The molecule has 0 spiro atoms. The molecule has 10 rings (SSSR count). The van der Waals surface area contributed by atoms with Crippen molar-refractivity contribution in [3.63, 3.8) is 0 Å². The Morgan fingerprint density at radius 1 is 0.363 bits per heavy atom. The van der Waals surface area contributed by atoms with Crippen LogP contribution in [0.25, 0.3) is 0 Å². The van der Waals surface area contributed by atoms with E-state index in [2.05, 4.69) is 0 Å². The molecule has 7 aromatic carbocycles. The summed E-state index contributed by atoms with van der Waals surface area (Å²) < 4.78 is 99.9. The minimum atomic E-state index is -1.62. The van der Waals surface area contributed by atoms with Crippen molar-refractivity contribution in [2.75, 3.05) is 26.9 Å². The lowest BCUT2D eigenvalue weighted by atomic mass is 9.95. The summed E-state index contributed by atoms with van der Waals surface area (Å²) in [5, 5.41) is 12.3. The zero-order valence-electron chi connectivity index (χ0n) is 51.0. The molecule has 19 nitrogen and oxygen atoms in total. The molecule has 15 atom stereocenters. The molecule has 3 fully saturated rings. The van der Waals surface area contributed by atoms with E-state index in [0.29, 0.717) is 5.56 Å². The molecule has 91 heavy (non-hydrogen) atoms. The summed E-state index contributed by atoms with van der Waals surface area (Å²) in [5.41, 5.74) is 5.17. The predicted molar refractivity (Wildman–Crippen MR) is 329 cm³/mol. The highest BCUT2D eigenvalue weighted by molar-refractivity contribution is 5.89. The number of aliphatic hydroxyl groups excluding tert-OH is 1. The lowest BCUT2D eigenvalue weighted by molar-refractivity contribution is -0.388. The topological polar surface area (TPSA) is 210 Å². The van der Waals surface area contributed by atoms with Crippen LogP contribution in [0.4, 0.5) is 0 Å². The van der Waals surface area contributed by atoms with E-state index in [4.69, 9.17) is 71.1 Å². The first-order valence-corrected chi connectivity index (χ1v) is 30.5. The number of rotatable bonds is 30. The van der Waals surface area contributed by atoms with Crippen molar-refractivity contribution in [1.82, 2.24) is 0 Å². The molecule has 0 bridgehead atoms. The van der Waals surface area contributed by atoms with E-state index in [1.165, 1.54) is 21.0 Å². The summed E-state index contributed by atoms with van der Waals surface area (Å²) in [6.45, 7) is 2.14. The number of hydrogen-bond donors (Lipinski definition) is 1. The molecule has 1 N–H and O–H groups in total. The van der Waals surface area contributed by atoms with Crippen LogP contribution in [0.15, 0.2) is 212 Å². The van der Waals surface area contributed by atoms with Gasteiger partial charge in [-0.25, -0.2) is 4.79 Å². The summed E-state index contributed by atoms with van der Waals surface area (Å²) in [6, 6.07) is 65.2. The molecule has 480 valence electrons. The third-order valence-corrected chi connectivity index (χ3v) is 15.5. The van der Waals surface area contributed by atoms with E-state index in [-0.39, 0.29) is 58.4 Å². The van der Waals surface area contributed by atoms with E-state index in [1.807, 2.05) is 182 Å². The van der Waals surface area contributed by atoms with Gasteiger partial charge in [-0.1, -0.05) is 200 Å². The largest absolute Gasteiger partial charge is 0.459 e. The van der Waals surface area contributed by atoms with E-state index >= 15 is 0 Å². The molecular formula is C72H78O19. The maximum absolute atomic E-state index is 14.2. The Hall–Kier alpha value is -7.57. The molecular weight excluding hydrogens is 1170 g/mol. The predicted octanol–water partition coefficient (Wildman–Crippen LogP) is 9.43. The van der Waals surface area contributed by atoms with Crippen molar-refractivity contribution in [3.8, 4) is 0 Å². The summed E-state index contributed by atoms with van der Waals surface area (Å²) in [4.78, 5) is 41.4. The lowest BCUT2D eigenvalue weighted by Gasteiger charge is -2.51. The van der Waals surface area contributed by atoms with Gasteiger partial charge in [0.25, 0.3) is 0 Å². The molecule has 0 radical (unpaired) electrons. The minimum absolute atomic E-state index is 0.0108. The van der Waals surface area contributed by atoms with E-state index < -0.39 is 117 Å². The molecule has 3 aliphatic rings. The second kappa shape index (κ2) is 34.2. The van der Waals surface area contributed by atoms with Gasteiger partial charge in [-0.3, -0.25) is 9.59 Å². The summed E-state index contributed by atoms with van der Waals surface area (Å²) in [7, 11) is 1.49. The minimum Gasteiger partial charge on any atom is -0.459 e. The van der Waals surface area contributed by atoms with E-state index in [9.17, 15) is 19.5 Å². The maximum atomic E-state index is 14.2. The number of esters is 3. The van der Waals surface area contributed by atoms with Crippen molar-refractivity contribution in [3.05, 3.63) is 251 Å². The Labute approximate surface area is 530 Å². The molecule has 0 aliphatic carbocycles. The number of hydrogen-bond acceptors (Lipinski definition) is 19. The standard InChI is InChI=1S/C72H78O19/c1-48(73)85-67-63(81-42-53-31-17-7-18-32-53)60(75)57(45-78-39-50-25-11-4-12-26-50)87-71(67)90-62-59(47-84-69(76)56-37-23-10-24-38-56)89-72(68(86-49(2)74)64(62)82-43-54-33-19-8-20-34-54)91-65-61(80-41-52-29-15-6-16-30-52)58(46-79-40-51-27-13-5-14-28-51)88-70(77-3)66(65)83-44-55-35-21-9-22-36-55/h4-38,57-68,70-72,75H,39-47H2,1-3H3/t57?,58?,59?,60-,61-,62-,63?,64?,65?,66?,67?,68?,70+,71-,72-/m1/s1. The van der Waals surface area contributed by atoms with Crippen molar-refractivity contribution < 1.29 is 90.5 Å². The lowest BCUT2D eigenvalue weighted by Crippen LogP contribution is -2.68. The first-order valence-electron chi connectivity index (χ1n) is 30.5. The van der Waals surface area contributed by atoms with Gasteiger partial charge in [0, 0.05) is 21.0 Å². The zero-order chi connectivity index (χ0) is 63.2. The highest BCUT2D eigenvalue weighted by atomic mass is 16.8. The Kier molecular flexibility index (Phi) is 24.9. The molecule has 3 aliphatic heterocycles. The van der Waals surface area contributed by atoms with Gasteiger partial charge in [0.2, 0.25) is 0 Å². The van der Waals surface area contributed by atoms with Crippen molar-refractivity contribution in [2.24, 2.45) is 0 Å². The normalized spacial score (nSPS) is 26.5. The number of ether oxygens (including phenoxy) is 15. The fourth-order valence-corrected chi connectivity index (χ4v) is 11.1. The second-order valence-electron chi connectivity index (χ2n) is 22.2. The third-order valence-electron chi connectivity index (χ3n) is 15.5. The van der Waals surface area contributed by atoms with Crippen LogP contribution in [-0.2, 0) is 120 Å². The molecule has 3 heterocycles. The fraction of sp³-hybridized carbons (Fsp3) is 0.375. The molecule has 9 unspecified atom stereocenters. The highest BCUT2D eigenvalue weighted by Crippen LogP contribution is 2.39. The van der Waals surface area contributed by atoms with Crippen molar-refractivity contribution in [1.29, 1.82) is 0 Å². The molecule has 19 heteroatoms. The number of carbonyl (C=O) groups excluding carboxylic acids is 3. The Morgan fingerprint density at radius 2 is 0.703 bits per heavy atom. The van der Waals surface area contributed by atoms with Crippen LogP contribution < -0.4 is 0 Å². The Morgan fingerprint density at radius 3 is 1.14 bits per heavy atom. The van der Waals surface area contributed by atoms with Crippen LogP contribution in [-0.4, -0.2) is 142 Å². The molecule has 0 amide bonds. The average Bonchev–Trinajstić information content (AvgIpc) is 1.02. The monoisotopic (exact) mass is 1250 g/mol. The quantitative estimate of drug-likeness (QED) is 0.0328. The molecule has 3 saturated heterocycles. The Balaban J connectivity index is 1.07. The Bertz CT molecular complexity index is 3250. The maximum Gasteiger partial charge on any atom is 0.338 e. The summed E-state index contributed by atoms with van der Waals surface area (Å²) in [5.74, 6) is -2.22. The van der Waals surface area contributed by atoms with Gasteiger partial charge in [-0.2, -0.15) is 0 Å². The van der Waals surface area contributed by atoms with Crippen LogP contribution in [0.1, 0.15) is 57.6 Å². The van der Waals surface area contributed by atoms with Gasteiger partial charge >= 0.3 is 17.9 Å². The van der Waals surface area contributed by atoms with Gasteiger partial charge in [0.15, 0.2) is 31.1 Å². The number of carbonyl (C=O) groups is 3. The summed E-state index contributed by atoms with van der Waals surface area (Å²) >= 11 is 0. The second-order valence-corrected chi connectivity index (χ2v) is 22.2. The fourth-order valence-electron chi connectivity index (χ4n) is 11.1. The van der Waals surface area contributed by atoms with Gasteiger partial charge in [-0.15, -0.1) is 0 Å². The molecule has 7 aromatic rings. The van der Waals surface area contributed by atoms with Crippen LogP contribution in [0.5, 0.6) is 0 Å². The third kappa shape index (κ3) is 19.0. The number of methoxy groups -OCH3 is 1.